The Morgan fingerprint density at radius 1 is 0.317 bits per heavy atom. The largest absolute Gasteiger partial charge is 0.461 e. The summed E-state index contributed by atoms with van der Waals surface area (Å²) in [6.07, 6.45) is 13.6. The Bertz CT molecular complexity index is 5470. The van der Waals surface area contributed by atoms with Crippen molar-refractivity contribution in [2.24, 2.45) is 0 Å². The first kappa shape index (κ1) is 110. The zero-order valence-electron chi connectivity index (χ0n) is 84.7. The number of nitrogens with zero attached hydrogens (tertiary/aromatic N) is 10. The van der Waals surface area contributed by atoms with E-state index in [2.05, 4.69) is 51.4 Å². The number of amides is 6. The molecule has 13 saturated heterocycles. The SMILES string of the molecule is CN1CCC2(CC1)CC(B1OC(C)(C)C(C)(C)O1)CC(=O)N2c1ccc(Cl)c(F)c1.CN1CCC2(CC1)CC(B1OC(C)(C)C(C)(C)O1)CC(=O)N2c1ccc(F)c(F)c1.CN1CCC2(CC1)CC(O)CC(=O)N2c1ccc(F)c(F)c1.CN1CCC2(CC=CC(=O)N2c2ccc(F)c(F)c2)CC1.O=C1CC(F)CC2(CCNCC2)N1c1ccc(F)c(F)c1.O=C1CC(O)CC2(CCNCC2)N1c1ccc(F)c(F)c1. The molecule has 6 spiro atoms. The third kappa shape index (κ3) is 23.5. The van der Waals surface area contributed by atoms with Gasteiger partial charge < -0.3 is 88.5 Å². The number of aliphatic hydroxyl groups is 2. The predicted octanol–water partition coefficient (Wildman–Crippen LogP) is 17.3. The number of hydrogen-bond acceptors (Lipinski definition) is 18. The third-order valence-electron chi connectivity index (χ3n) is 33.3. The van der Waals surface area contributed by atoms with Gasteiger partial charge in [0.15, 0.2) is 58.2 Å². The van der Waals surface area contributed by atoms with Crippen molar-refractivity contribution in [3.8, 4) is 0 Å². The van der Waals surface area contributed by atoms with E-state index in [0.29, 0.717) is 111 Å². The van der Waals surface area contributed by atoms with Crippen molar-refractivity contribution in [3.05, 3.63) is 190 Å². The highest BCUT2D eigenvalue weighted by Crippen LogP contribution is 2.55. The summed E-state index contributed by atoms with van der Waals surface area (Å²) in [5, 5.41) is 26.5. The van der Waals surface area contributed by atoms with Gasteiger partial charge in [0, 0.05) is 148 Å². The van der Waals surface area contributed by atoms with Crippen LogP contribution in [0.1, 0.15) is 203 Å². The van der Waals surface area contributed by atoms with Crippen molar-refractivity contribution < 1.29 is 110 Å². The van der Waals surface area contributed by atoms with Gasteiger partial charge in [-0.25, -0.2) is 52.7 Å². The van der Waals surface area contributed by atoms with Crippen molar-refractivity contribution in [1.29, 1.82) is 0 Å². The molecule has 0 bridgehead atoms. The quantitative estimate of drug-likeness (QED) is 0.0819. The fourth-order valence-electron chi connectivity index (χ4n) is 24.0. The molecule has 6 aromatic carbocycles. The zero-order chi connectivity index (χ0) is 105. The minimum atomic E-state index is -1.17. The molecular weight excluding hydrogens is 1920 g/mol. The molecule has 39 heteroatoms. The van der Waals surface area contributed by atoms with Crippen LogP contribution in [0.4, 0.5) is 86.8 Å². The lowest BCUT2D eigenvalue weighted by Crippen LogP contribution is -2.62. The van der Waals surface area contributed by atoms with Crippen LogP contribution in [0.3, 0.4) is 0 Å². The molecule has 20 rings (SSSR count). The maximum absolute atomic E-state index is 14.3. The molecule has 0 saturated carbocycles. The second-order valence-corrected chi connectivity index (χ2v) is 44.7. The van der Waals surface area contributed by atoms with E-state index in [1.807, 2.05) is 73.4 Å². The van der Waals surface area contributed by atoms with Crippen molar-refractivity contribution in [2.75, 3.05) is 136 Å². The monoisotopic (exact) mass is 2050 g/mol. The molecule has 0 aliphatic carbocycles. The molecule has 14 aliphatic heterocycles. The molecule has 24 nitrogen and oxygen atoms in total. The van der Waals surface area contributed by atoms with Gasteiger partial charge in [0.2, 0.25) is 29.5 Å². The van der Waals surface area contributed by atoms with Gasteiger partial charge in [-0.15, -0.1) is 0 Å². The Hall–Kier alpha value is -9.02. The fourth-order valence-corrected chi connectivity index (χ4v) is 24.1. The number of alkyl halides is 1. The van der Waals surface area contributed by atoms with Crippen LogP contribution in [0, 0.1) is 64.0 Å². The van der Waals surface area contributed by atoms with Crippen LogP contribution in [0.15, 0.2) is 121 Å². The number of piperidine rings is 11. The Labute approximate surface area is 846 Å². The number of anilines is 6. The van der Waals surface area contributed by atoms with Crippen LogP contribution in [-0.2, 0) is 47.4 Å². The number of aliphatic hydroxyl groups excluding tert-OH is 2. The van der Waals surface area contributed by atoms with Gasteiger partial charge in [0.05, 0.1) is 92.1 Å². The summed E-state index contributed by atoms with van der Waals surface area (Å²) < 4.78 is 188. The predicted molar refractivity (Wildman–Crippen MR) is 532 cm³/mol. The lowest BCUT2D eigenvalue weighted by atomic mass is 9.60. The van der Waals surface area contributed by atoms with E-state index < -0.39 is 141 Å². The minimum absolute atomic E-state index is 0.00719. The summed E-state index contributed by atoms with van der Waals surface area (Å²) >= 11 is 5.90. The Morgan fingerprint density at radius 2 is 0.566 bits per heavy atom. The molecule has 14 aliphatic rings. The molecule has 5 unspecified atom stereocenters. The highest BCUT2D eigenvalue weighted by molar-refractivity contribution is 6.48. The number of likely N-dealkylation sites (tertiary alicyclic amines) is 4. The van der Waals surface area contributed by atoms with Crippen molar-refractivity contribution in [2.45, 2.75) is 289 Å². The van der Waals surface area contributed by atoms with Crippen LogP contribution >= 0.6 is 11.6 Å². The molecule has 13 fully saturated rings. The van der Waals surface area contributed by atoms with Crippen LogP contribution in [-0.4, -0.2) is 260 Å². The smallest absolute Gasteiger partial charge is 0.403 e. The van der Waals surface area contributed by atoms with Gasteiger partial charge in [0.25, 0.3) is 5.91 Å². The Kier molecular flexibility index (Phi) is 33.3. The van der Waals surface area contributed by atoms with Gasteiger partial charge in [0.1, 0.15) is 12.0 Å². The Balaban J connectivity index is 0.000000132. The standard InChI is InChI=1S/C22H31BClFN2O3.C22H31BF2N2O3.C16H20F2N2O2.C16H18F2N2O.C15H17F3N2O.C15H18F2N2O2/c2*1-20(2)21(3,4)30-23(29-20)15-12-19(28)27(16-6-7-17(24)18(25)13-16)22(14-15)8-10-26(5)11-9-22;1-19-6-4-16(5-7-19)10-12(21)9-15(22)20(16)11-2-3-13(17)14(18)8-11;1-19-9-7-16(8-10-19)6-2-3-15(21)20(16)12-4-5-13(17)14(18)11-12;16-10-7-14(21)20(11-1-2-12(17)13(18)8-11)15(9-10)3-5-19-6-4-15;16-12-2-1-10(7-13(12)17)19-14(21)8-11(20)9-15(19)3-5-18-6-4-15/h2*6-7,13,15H,8-12,14H2,1-5H3;2-3,8,12,21H,4-7,9-10H2,1H3;2-5,11H,6-10H2,1H3;1-2,8,10,19H,3-7,9H2;1-2,7,11,18,20H,3-6,8-9H2. The molecule has 0 aromatic heterocycles. The first-order valence-corrected chi connectivity index (χ1v) is 51.0. The zero-order valence-corrected chi connectivity index (χ0v) is 85.5. The molecule has 0 radical (unpaired) electrons. The Morgan fingerprint density at radius 3 is 0.862 bits per heavy atom. The number of nitrogens with one attached hydrogen (secondary N) is 2. The molecule has 6 aromatic rings. The fraction of sp³-hybridized carbons (Fsp3) is 0.585. The maximum atomic E-state index is 14.3. The minimum Gasteiger partial charge on any atom is -0.403 e. The molecule has 145 heavy (non-hydrogen) atoms. The van der Waals surface area contributed by atoms with Gasteiger partial charge in [-0.1, -0.05) is 17.7 Å². The number of rotatable bonds is 8. The number of hydrogen-bond donors (Lipinski definition) is 4. The van der Waals surface area contributed by atoms with Crippen LogP contribution in [0.2, 0.25) is 16.7 Å². The number of carbonyl (C=O) groups is 6. The van der Waals surface area contributed by atoms with E-state index in [9.17, 15) is 91.7 Å². The van der Waals surface area contributed by atoms with E-state index in [0.717, 1.165) is 177 Å². The van der Waals surface area contributed by atoms with Gasteiger partial charge in [-0.05, 0) is 304 Å². The highest BCUT2D eigenvalue weighted by Gasteiger charge is 2.62. The first-order valence-electron chi connectivity index (χ1n) is 50.6. The average molecular weight is 2050 g/mol. The normalized spacial score (nSPS) is 26.2. The average Bonchev–Trinajstić information content (AvgIpc) is 1.67. The summed E-state index contributed by atoms with van der Waals surface area (Å²) in [6, 6.07) is 22.6. The van der Waals surface area contributed by atoms with E-state index in [-0.39, 0.29) is 95.3 Å². The van der Waals surface area contributed by atoms with Crippen molar-refractivity contribution in [3.63, 3.8) is 0 Å². The van der Waals surface area contributed by atoms with Gasteiger partial charge in [-0.2, -0.15) is 0 Å². The topological polar surface area (TPSA) is 236 Å². The van der Waals surface area contributed by atoms with Gasteiger partial charge in [-0.3, -0.25) is 28.8 Å². The second kappa shape index (κ2) is 43.9. The number of halogens is 13. The number of carbonyl (C=O) groups excluding carboxylic acids is 6. The van der Waals surface area contributed by atoms with Crippen LogP contribution in [0.5, 0.6) is 0 Å². The van der Waals surface area contributed by atoms with E-state index in [1.165, 1.54) is 53.4 Å². The second-order valence-electron chi connectivity index (χ2n) is 44.3. The summed E-state index contributed by atoms with van der Waals surface area (Å²) in [5.74, 6) is -11.1. The maximum Gasteiger partial charge on any atom is 0.461 e. The molecule has 14 heterocycles. The molecule has 5 atom stereocenters. The first-order chi connectivity index (χ1) is 68.3. The summed E-state index contributed by atoms with van der Waals surface area (Å²) in [5.41, 5.74) is -2.09. The summed E-state index contributed by atoms with van der Waals surface area (Å²) in [4.78, 5) is 95.2. The van der Waals surface area contributed by atoms with Crippen molar-refractivity contribution >= 4 is 95.4 Å². The molecule has 6 amide bonds. The van der Waals surface area contributed by atoms with Gasteiger partial charge >= 0.3 is 14.2 Å². The third-order valence-corrected chi connectivity index (χ3v) is 33.6. The lowest BCUT2D eigenvalue weighted by molar-refractivity contribution is -0.126. The molecular formula is C106H135B2ClF12N12O12. The van der Waals surface area contributed by atoms with E-state index in [1.54, 1.807) is 25.7 Å². The van der Waals surface area contributed by atoms with Crippen LogP contribution < -0.4 is 40.0 Å². The highest BCUT2D eigenvalue weighted by atomic mass is 35.5. The molecule has 788 valence electrons. The number of benzene rings is 6. The van der Waals surface area contributed by atoms with Crippen molar-refractivity contribution in [1.82, 2.24) is 30.2 Å². The lowest BCUT2D eigenvalue weighted by Gasteiger charge is -2.53. The summed E-state index contributed by atoms with van der Waals surface area (Å²) in [7, 11) is 7.34. The molecule has 4 N–H and O–H groups in total. The van der Waals surface area contributed by atoms with E-state index >= 15 is 0 Å². The van der Waals surface area contributed by atoms with Crippen LogP contribution in [0.25, 0.3) is 0 Å². The summed E-state index contributed by atoms with van der Waals surface area (Å²) in [6.45, 7) is 25.8. The van der Waals surface area contributed by atoms with E-state index in [4.69, 9.17) is 30.2 Å².